The van der Waals surface area contributed by atoms with Crippen LogP contribution in [-0.4, -0.2) is 30.5 Å². The van der Waals surface area contributed by atoms with Crippen LogP contribution in [0.15, 0.2) is 22.7 Å². The largest absolute Gasteiger partial charge is 0.357 e. The van der Waals surface area contributed by atoms with Crippen molar-refractivity contribution in [3.63, 3.8) is 0 Å². The molecule has 1 aromatic carbocycles. The summed E-state index contributed by atoms with van der Waals surface area (Å²) in [5.74, 6) is -0.107. The molecule has 2 rings (SSSR count). The van der Waals surface area contributed by atoms with Crippen LogP contribution in [0.4, 0.5) is 11.4 Å². The Morgan fingerprint density at radius 3 is 2.94 bits per heavy atom. The molecule has 18 heavy (non-hydrogen) atoms. The van der Waals surface area contributed by atoms with E-state index in [9.17, 15) is 14.9 Å². The number of amides is 1. The number of hydrogen-bond acceptors (Lipinski definition) is 4. The van der Waals surface area contributed by atoms with E-state index in [-0.39, 0.29) is 18.1 Å². The number of benzene rings is 1. The molecule has 0 unspecified atom stereocenters. The molecule has 1 aliphatic heterocycles. The van der Waals surface area contributed by atoms with Gasteiger partial charge in [-0.05, 0) is 18.6 Å². The Morgan fingerprint density at radius 1 is 1.44 bits per heavy atom. The highest BCUT2D eigenvalue weighted by atomic mass is 79.9. The minimum atomic E-state index is -0.428. The van der Waals surface area contributed by atoms with Gasteiger partial charge in [0.15, 0.2) is 0 Å². The van der Waals surface area contributed by atoms with Crippen molar-refractivity contribution >= 4 is 33.2 Å². The molecule has 0 aromatic heterocycles. The lowest BCUT2D eigenvalue weighted by Gasteiger charge is -2.20. The normalized spacial score (nSPS) is 16.1. The van der Waals surface area contributed by atoms with Gasteiger partial charge in [-0.25, -0.2) is 0 Å². The molecule has 96 valence electrons. The van der Waals surface area contributed by atoms with Crippen LogP contribution in [0.3, 0.4) is 0 Å². The molecular formula is C11H12BrN3O3. The quantitative estimate of drug-likeness (QED) is 0.666. The molecule has 1 aliphatic rings. The first-order chi connectivity index (χ1) is 8.58. The number of carbonyl (C=O) groups is 1. The third-order valence-electron chi connectivity index (χ3n) is 2.74. The van der Waals surface area contributed by atoms with Crippen LogP contribution >= 0.6 is 15.9 Å². The molecule has 1 aromatic rings. The van der Waals surface area contributed by atoms with Crippen molar-refractivity contribution in [1.29, 1.82) is 0 Å². The summed E-state index contributed by atoms with van der Waals surface area (Å²) < 4.78 is 0.650. The molecule has 1 amide bonds. The summed E-state index contributed by atoms with van der Waals surface area (Å²) >= 11 is 3.21. The average molecular weight is 314 g/mol. The van der Waals surface area contributed by atoms with Gasteiger partial charge >= 0.3 is 0 Å². The summed E-state index contributed by atoms with van der Waals surface area (Å²) in [5.41, 5.74) is 0.499. The van der Waals surface area contributed by atoms with Gasteiger partial charge in [-0.2, -0.15) is 0 Å². The number of carbonyl (C=O) groups excluding carboxylic acids is 1. The zero-order chi connectivity index (χ0) is 13.1. The lowest BCUT2D eigenvalue weighted by molar-refractivity contribution is -0.384. The molecule has 7 heteroatoms. The predicted octanol–water partition coefficient (Wildman–Crippen LogP) is 1.68. The van der Waals surface area contributed by atoms with Gasteiger partial charge in [0.2, 0.25) is 5.91 Å². The van der Waals surface area contributed by atoms with Gasteiger partial charge in [-0.1, -0.05) is 15.9 Å². The maximum absolute atomic E-state index is 11.5. The third-order valence-corrected chi connectivity index (χ3v) is 3.23. The maximum Gasteiger partial charge on any atom is 0.293 e. The third kappa shape index (κ3) is 2.79. The number of nitrogens with one attached hydrogen (secondary N) is 1. The fraction of sp³-hybridized carbons (Fsp3) is 0.364. The number of hydrogen-bond donors (Lipinski definition) is 1. The van der Waals surface area contributed by atoms with Crippen molar-refractivity contribution in [3.05, 3.63) is 32.8 Å². The Hall–Kier alpha value is -1.63. The van der Waals surface area contributed by atoms with Crippen LogP contribution in [0, 0.1) is 10.1 Å². The predicted molar refractivity (Wildman–Crippen MR) is 70.6 cm³/mol. The first kappa shape index (κ1) is 12.8. The Kier molecular flexibility index (Phi) is 3.81. The van der Waals surface area contributed by atoms with Gasteiger partial charge in [-0.3, -0.25) is 14.9 Å². The highest BCUT2D eigenvalue weighted by molar-refractivity contribution is 9.10. The number of nitro groups is 1. The van der Waals surface area contributed by atoms with Gasteiger partial charge in [0, 0.05) is 23.6 Å². The van der Waals surface area contributed by atoms with E-state index >= 15 is 0 Å². The Balaban J connectivity index is 2.36. The van der Waals surface area contributed by atoms with Crippen molar-refractivity contribution in [2.45, 2.75) is 6.42 Å². The van der Waals surface area contributed by atoms with Gasteiger partial charge in [-0.15, -0.1) is 0 Å². The van der Waals surface area contributed by atoms with E-state index in [1.165, 1.54) is 6.07 Å². The summed E-state index contributed by atoms with van der Waals surface area (Å²) in [6.07, 6.45) is 0.777. The summed E-state index contributed by atoms with van der Waals surface area (Å²) in [6, 6.07) is 4.87. The van der Waals surface area contributed by atoms with E-state index in [0.29, 0.717) is 23.2 Å². The molecule has 0 saturated carbocycles. The molecule has 0 radical (unpaired) electrons. The van der Waals surface area contributed by atoms with Crippen molar-refractivity contribution in [1.82, 2.24) is 5.32 Å². The van der Waals surface area contributed by atoms with Crippen molar-refractivity contribution in [2.75, 3.05) is 24.5 Å². The van der Waals surface area contributed by atoms with Crippen molar-refractivity contribution in [3.8, 4) is 0 Å². The Bertz CT molecular complexity index is 492. The standard InChI is InChI=1S/C11H12BrN3O3/c12-8-2-3-9(10(6-8)15(17)18)14-5-1-4-13-11(16)7-14/h2-3,6H,1,4-5,7H2,(H,13,16). The van der Waals surface area contributed by atoms with Crippen molar-refractivity contribution < 1.29 is 9.72 Å². The molecule has 6 nitrogen and oxygen atoms in total. The fourth-order valence-electron chi connectivity index (χ4n) is 1.92. The Morgan fingerprint density at radius 2 is 2.22 bits per heavy atom. The van der Waals surface area contributed by atoms with Gasteiger partial charge < -0.3 is 10.2 Å². The second kappa shape index (κ2) is 5.34. The minimum absolute atomic E-state index is 0.0130. The summed E-state index contributed by atoms with van der Waals surface area (Å²) in [6.45, 7) is 1.39. The van der Waals surface area contributed by atoms with Crippen LogP contribution in [-0.2, 0) is 4.79 Å². The van der Waals surface area contributed by atoms with E-state index in [0.717, 1.165) is 6.42 Å². The van der Waals surface area contributed by atoms with E-state index in [4.69, 9.17) is 0 Å². The molecule has 1 fully saturated rings. The first-order valence-corrected chi connectivity index (χ1v) is 6.33. The molecule has 0 atom stereocenters. The van der Waals surface area contributed by atoms with Crippen LogP contribution < -0.4 is 10.2 Å². The van der Waals surface area contributed by atoms with Crippen LogP contribution in [0.25, 0.3) is 0 Å². The van der Waals surface area contributed by atoms with Crippen LogP contribution in [0.2, 0.25) is 0 Å². The van der Waals surface area contributed by atoms with Gasteiger partial charge in [0.05, 0.1) is 11.5 Å². The number of rotatable bonds is 2. The van der Waals surface area contributed by atoms with E-state index < -0.39 is 4.92 Å². The summed E-state index contributed by atoms with van der Waals surface area (Å²) in [4.78, 5) is 23.8. The second-order valence-corrected chi connectivity index (χ2v) is 4.93. The lowest BCUT2D eigenvalue weighted by atomic mass is 10.2. The zero-order valence-corrected chi connectivity index (χ0v) is 11.1. The molecular weight excluding hydrogens is 302 g/mol. The lowest BCUT2D eigenvalue weighted by Crippen LogP contribution is -2.33. The fourth-order valence-corrected chi connectivity index (χ4v) is 2.27. The number of nitrogens with zero attached hydrogens (tertiary/aromatic N) is 2. The molecule has 0 aliphatic carbocycles. The van der Waals surface area contributed by atoms with Crippen LogP contribution in [0.5, 0.6) is 0 Å². The highest BCUT2D eigenvalue weighted by Crippen LogP contribution is 2.31. The van der Waals surface area contributed by atoms with Gasteiger partial charge in [0.1, 0.15) is 5.69 Å². The monoisotopic (exact) mass is 313 g/mol. The van der Waals surface area contributed by atoms with E-state index in [1.807, 2.05) is 0 Å². The minimum Gasteiger partial charge on any atom is -0.357 e. The van der Waals surface area contributed by atoms with E-state index in [1.54, 1.807) is 17.0 Å². The Labute approximate surface area is 112 Å². The molecule has 0 spiro atoms. The molecule has 1 N–H and O–H groups in total. The maximum atomic E-state index is 11.5. The number of anilines is 1. The SMILES string of the molecule is O=C1CN(c2ccc(Br)cc2[N+](=O)[O-])CCCN1. The smallest absolute Gasteiger partial charge is 0.293 e. The zero-order valence-electron chi connectivity index (χ0n) is 9.56. The van der Waals surface area contributed by atoms with Crippen LogP contribution in [0.1, 0.15) is 6.42 Å². The summed E-state index contributed by atoms with van der Waals surface area (Å²) in [7, 11) is 0. The molecule has 1 saturated heterocycles. The van der Waals surface area contributed by atoms with E-state index in [2.05, 4.69) is 21.2 Å². The average Bonchev–Trinajstić information content (AvgIpc) is 2.53. The first-order valence-electron chi connectivity index (χ1n) is 5.53. The molecule has 1 heterocycles. The number of halogens is 1. The van der Waals surface area contributed by atoms with Crippen molar-refractivity contribution in [2.24, 2.45) is 0 Å². The van der Waals surface area contributed by atoms with Gasteiger partial charge in [0.25, 0.3) is 5.69 Å². The highest BCUT2D eigenvalue weighted by Gasteiger charge is 2.22. The number of nitro benzene ring substituents is 1. The summed E-state index contributed by atoms with van der Waals surface area (Å²) in [5, 5.41) is 13.8. The molecule has 0 bridgehead atoms. The topological polar surface area (TPSA) is 75.5 Å². The second-order valence-electron chi connectivity index (χ2n) is 4.02.